The SMILES string of the molecule is NS(=O)(=O)OCc1ccc(O)c(O)c1O. The maximum Gasteiger partial charge on any atom is 0.333 e. The molecule has 1 aromatic rings. The van der Waals surface area contributed by atoms with Crippen molar-refractivity contribution >= 4 is 10.3 Å². The third kappa shape index (κ3) is 2.98. The maximum absolute atomic E-state index is 10.4. The molecule has 0 aromatic heterocycles. The Morgan fingerprint density at radius 3 is 2.33 bits per heavy atom. The molecule has 7 nitrogen and oxygen atoms in total. The van der Waals surface area contributed by atoms with Gasteiger partial charge in [0.2, 0.25) is 5.75 Å². The van der Waals surface area contributed by atoms with E-state index in [4.69, 9.17) is 10.2 Å². The lowest BCUT2D eigenvalue weighted by Gasteiger charge is -2.06. The molecule has 0 saturated carbocycles. The third-order valence-electron chi connectivity index (χ3n) is 1.59. The third-order valence-corrected chi connectivity index (χ3v) is 2.04. The molecule has 15 heavy (non-hydrogen) atoms. The Kier molecular flexibility index (Phi) is 3.03. The molecule has 8 heteroatoms. The summed E-state index contributed by atoms with van der Waals surface area (Å²) in [5.74, 6) is -1.92. The van der Waals surface area contributed by atoms with Crippen molar-refractivity contribution in [3.8, 4) is 17.2 Å². The largest absolute Gasteiger partial charge is 0.504 e. The highest BCUT2D eigenvalue weighted by Gasteiger charge is 2.13. The number of hydrogen-bond acceptors (Lipinski definition) is 6. The number of rotatable bonds is 3. The number of nitrogens with two attached hydrogens (primary N) is 1. The predicted octanol–water partition coefficient (Wildman–Crippen LogP) is -0.476. The van der Waals surface area contributed by atoms with Gasteiger partial charge >= 0.3 is 10.3 Å². The van der Waals surface area contributed by atoms with Crippen LogP contribution in [0.2, 0.25) is 0 Å². The van der Waals surface area contributed by atoms with E-state index in [2.05, 4.69) is 9.32 Å². The minimum Gasteiger partial charge on any atom is -0.504 e. The Morgan fingerprint density at radius 1 is 1.20 bits per heavy atom. The average Bonchev–Trinajstić information content (AvgIpc) is 2.12. The van der Waals surface area contributed by atoms with Crippen LogP contribution >= 0.6 is 0 Å². The molecule has 0 atom stereocenters. The van der Waals surface area contributed by atoms with Gasteiger partial charge in [-0.25, -0.2) is 5.14 Å². The molecule has 0 unspecified atom stereocenters. The Labute approximate surface area is 85.6 Å². The van der Waals surface area contributed by atoms with E-state index >= 15 is 0 Å². The van der Waals surface area contributed by atoms with Gasteiger partial charge in [0.1, 0.15) is 0 Å². The van der Waals surface area contributed by atoms with Crippen LogP contribution in [0.25, 0.3) is 0 Å². The minimum absolute atomic E-state index is 0.0145. The first-order valence-corrected chi connectivity index (χ1v) is 5.18. The zero-order valence-electron chi connectivity index (χ0n) is 7.41. The fraction of sp³-hybridized carbons (Fsp3) is 0.143. The second kappa shape index (κ2) is 3.93. The molecule has 0 fully saturated rings. The van der Waals surface area contributed by atoms with Crippen molar-refractivity contribution in [3.05, 3.63) is 17.7 Å². The van der Waals surface area contributed by atoms with Gasteiger partial charge in [-0.2, -0.15) is 8.42 Å². The molecule has 0 aliphatic rings. The highest BCUT2D eigenvalue weighted by molar-refractivity contribution is 7.84. The second-order valence-electron chi connectivity index (χ2n) is 2.70. The second-order valence-corrected chi connectivity index (χ2v) is 3.92. The Bertz CT molecular complexity index is 469. The van der Waals surface area contributed by atoms with Gasteiger partial charge in [0, 0.05) is 5.56 Å². The van der Waals surface area contributed by atoms with Gasteiger partial charge in [-0.1, -0.05) is 0 Å². The minimum atomic E-state index is -4.12. The maximum atomic E-state index is 10.4. The molecular weight excluding hydrogens is 226 g/mol. The van der Waals surface area contributed by atoms with E-state index in [0.29, 0.717) is 0 Å². The molecule has 1 aromatic carbocycles. The summed E-state index contributed by atoms with van der Waals surface area (Å²) in [5, 5.41) is 31.8. The number of phenols is 3. The summed E-state index contributed by atoms with van der Waals surface area (Å²) in [6, 6.07) is 2.27. The van der Waals surface area contributed by atoms with Crippen molar-refractivity contribution in [2.24, 2.45) is 5.14 Å². The van der Waals surface area contributed by atoms with E-state index < -0.39 is 34.2 Å². The summed E-state index contributed by atoms with van der Waals surface area (Å²) in [5.41, 5.74) is -0.0145. The van der Waals surface area contributed by atoms with Gasteiger partial charge in [0.05, 0.1) is 6.61 Å². The molecule has 0 heterocycles. The molecule has 0 bridgehead atoms. The molecule has 0 radical (unpaired) electrons. The molecule has 0 aliphatic carbocycles. The standard InChI is InChI=1S/C7H9NO6S/c8-15(12,13)14-3-4-1-2-5(9)7(11)6(4)10/h1-2,9-11H,3H2,(H2,8,12,13). The van der Waals surface area contributed by atoms with Gasteiger partial charge in [-0.3, -0.25) is 4.18 Å². The van der Waals surface area contributed by atoms with E-state index in [-0.39, 0.29) is 5.56 Å². The van der Waals surface area contributed by atoms with Crippen molar-refractivity contribution in [1.29, 1.82) is 0 Å². The van der Waals surface area contributed by atoms with Crippen LogP contribution in [-0.2, 0) is 21.1 Å². The molecule has 1 rings (SSSR count). The summed E-state index contributed by atoms with van der Waals surface area (Å²) >= 11 is 0. The smallest absolute Gasteiger partial charge is 0.333 e. The number of phenolic OH excluding ortho intramolecular Hbond substituents is 3. The Morgan fingerprint density at radius 2 is 1.80 bits per heavy atom. The van der Waals surface area contributed by atoms with Crippen LogP contribution in [0.5, 0.6) is 17.2 Å². The van der Waals surface area contributed by atoms with Gasteiger partial charge in [-0.15, -0.1) is 0 Å². The Balaban J connectivity index is 2.93. The molecule has 5 N–H and O–H groups in total. The fourth-order valence-corrected chi connectivity index (χ4v) is 1.16. The van der Waals surface area contributed by atoms with Crippen molar-refractivity contribution in [1.82, 2.24) is 0 Å². The lowest BCUT2D eigenvalue weighted by molar-refractivity contribution is 0.297. The van der Waals surface area contributed by atoms with Crippen molar-refractivity contribution in [2.75, 3.05) is 0 Å². The van der Waals surface area contributed by atoms with Gasteiger partial charge in [0.25, 0.3) is 0 Å². The quantitative estimate of drug-likeness (QED) is 0.523. The van der Waals surface area contributed by atoms with E-state index in [0.717, 1.165) is 6.07 Å². The van der Waals surface area contributed by atoms with Crippen LogP contribution in [0.3, 0.4) is 0 Å². The van der Waals surface area contributed by atoms with Crippen LogP contribution in [0.4, 0.5) is 0 Å². The molecular formula is C7H9NO6S. The number of hydrogen-bond donors (Lipinski definition) is 4. The van der Waals surface area contributed by atoms with Gasteiger partial charge < -0.3 is 15.3 Å². The van der Waals surface area contributed by atoms with Crippen molar-refractivity contribution in [3.63, 3.8) is 0 Å². The van der Waals surface area contributed by atoms with Crippen LogP contribution in [0.1, 0.15) is 5.56 Å². The molecule has 84 valence electrons. The molecule has 0 amide bonds. The highest BCUT2D eigenvalue weighted by Crippen LogP contribution is 2.37. The molecule has 0 spiro atoms. The topological polar surface area (TPSA) is 130 Å². The van der Waals surface area contributed by atoms with E-state index in [1.807, 2.05) is 0 Å². The number of aromatic hydroxyl groups is 3. The summed E-state index contributed by atoms with van der Waals surface area (Å²) in [7, 11) is -4.12. The van der Waals surface area contributed by atoms with E-state index in [1.54, 1.807) is 0 Å². The first-order chi connectivity index (χ1) is 6.81. The summed E-state index contributed by atoms with van der Waals surface area (Å²) in [4.78, 5) is 0. The summed E-state index contributed by atoms with van der Waals surface area (Å²) in [6.07, 6.45) is 0. The highest BCUT2D eigenvalue weighted by atomic mass is 32.2. The normalized spacial score (nSPS) is 11.5. The van der Waals surface area contributed by atoms with E-state index in [1.165, 1.54) is 6.07 Å². The van der Waals surface area contributed by atoms with E-state index in [9.17, 15) is 13.5 Å². The zero-order chi connectivity index (χ0) is 11.6. The predicted molar refractivity (Wildman–Crippen MR) is 49.3 cm³/mol. The Hall–Kier alpha value is -1.51. The van der Waals surface area contributed by atoms with Crippen LogP contribution in [-0.4, -0.2) is 23.7 Å². The first-order valence-electron chi connectivity index (χ1n) is 3.71. The van der Waals surface area contributed by atoms with Crippen LogP contribution in [0.15, 0.2) is 12.1 Å². The fourth-order valence-electron chi connectivity index (χ4n) is 0.873. The molecule has 0 aliphatic heterocycles. The van der Waals surface area contributed by atoms with Crippen LogP contribution in [0, 0.1) is 0 Å². The van der Waals surface area contributed by atoms with Gasteiger partial charge in [-0.05, 0) is 12.1 Å². The lowest BCUT2D eigenvalue weighted by Crippen LogP contribution is -2.15. The monoisotopic (exact) mass is 235 g/mol. The van der Waals surface area contributed by atoms with Crippen molar-refractivity contribution < 1.29 is 27.9 Å². The summed E-state index contributed by atoms with van der Waals surface area (Å²) < 4.78 is 25.0. The van der Waals surface area contributed by atoms with Crippen LogP contribution < -0.4 is 5.14 Å². The molecule has 0 saturated heterocycles. The number of benzene rings is 1. The summed E-state index contributed by atoms with van der Waals surface area (Å²) in [6.45, 7) is -0.529. The van der Waals surface area contributed by atoms with Gasteiger partial charge in [0.15, 0.2) is 11.5 Å². The first kappa shape index (κ1) is 11.6. The lowest BCUT2D eigenvalue weighted by atomic mass is 10.2. The zero-order valence-corrected chi connectivity index (χ0v) is 8.23. The average molecular weight is 235 g/mol. The van der Waals surface area contributed by atoms with Crippen molar-refractivity contribution in [2.45, 2.75) is 6.61 Å².